The van der Waals surface area contributed by atoms with E-state index in [1.165, 1.54) is 18.9 Å². The summed E-state index contributed by atoms with van der Waals surface area (Å²) in [6, 6.07) is 5.34. The van der Waals surface area contributed by atoms with E-state index in [9.17, 15) is 4.79 Å². The zero-order valence-electron chi connectivity index (χ0n) is 8.65. The van der Waals surface area contributed by atoms with E-state index in [-0.39, 0.29) is 11.7 Å². The number of esters is 1. The molecule has 0 heterocycles. The van der Waals surface area contributed by atoms with Crippen molar-refractivity contribution in [2.75, 3.05) is 25.7 Å². The lowest BCUT2D eigenvalue weighted by atomic mass is 10.3. The van der Waals surface area contributed by atoms with Crippen molar-refractivity contribution in [1.82, 2.24) is 0 Å². The Bertz CT molecular complexity index is 355. The number of rotatable bonds is 4. The number of carbonyl (C=O) groups excluding carboxylic acids is 1. The average molecular weight is 227 g/mol. The highest BCUT2D eigenvalue weighted by molar-refractivity contribution is 8.00. The minimum absolute atomic E-state index is 0.263. The van der Waals surface area contributed by atoms with E-state index >= 15 is 0 Å². The molecule has 0 radical (unpaired) electrons. The van der Waals surface area contributed by atoms with Gasteiger partial charge in [0.25, 0.3) is 0 Å². The van der Waals surface area contributed by atoms with Crippen molar-refractivity contribution in [2.45, 2.75) is 4.90 Å². The zero-order valence-corrected chi connectivity index (χ0v) is 9.47. The molecular weight excluding hydrogens is 214 g/mol. The lowest BCUT2D eigenvalue weighted by Crippen LogP contribution is -2.02. The van der Waals surface area contributed by atoms with E-state index in [2.05, 4.69) is 4.74 Å². The van der Waals surface area contributed by atoms with Gasteiger partial charge >= 0.3 is 5.97 Å². The van der Waals surface area contributed by atoms with Crippen molar-refractivity contribution < 1.29 is 14.3 Å². The number of ether oxygens (including phenoxy) is 2. The molecule has 0 aliphatic heterocycles. The number of nitrogens with two attached hydrogens (primary N) is 1. The second-order valence-electron chi connectivity index (χ2n) is 2.81. The Labute approximate surface area is 92.7 Å². The summed E-state index contributed by atoms with van der Waals surface area (Å²) >= 11 is 1.36. The maximum atomic E-state index is 10.9. The SMILES string of the molecule is COC(=O)CSc1cc(N)cc(OC)c1. The van der Waals surface area contributed by atoms with Gasteiger partial charge in [0.05, 0.1) is 20.0 Å². The number of benzene rings is 1. The molecule has 1 aromatic carbocycles. The minimum atomic E-state index is -0.263. The molecule has 0 bridgehead atoms. The van der Waals surface area contributed by atoms with E-state index in [0.717, 1.165) is 4.90 Å². The number of carbonyl (C=O) groups is 1. The van der Waals surface area contributed by atoms with Crippen LogP contribution in [0.2, 0.25) is 0 Å². The number of anilines is 1. The summed E-state index contributed by atoms with van der Waals surface area (Å²) in [5.74, 6) is 0.687. The van der Waals surface area contributed by atoms with Crippen LogP contribution in [0.5, 0.6) is 5.75 Å². The number of nitrogen functional groups attached to an aromatic ring is 1. The summed E-state index contributed by atoms with van der Waals surface area (Å²) in [5, 5.41) is 0. The zero-order chi connectivity index (χ0) is 11.3. The molecule has 0 aromatic heterocycles. The van der Waals surface area contributed by atoms with Gasteiger partial charge in [-0.15, -0.1) is 11.8 Å². The molecule has 0 amide bonds. The van der Waals surface area contributed by atoms with E-state index in [1.807, 2.05) is 6.07 Å². The second kappa shape index (κ2) is 5.50. The molecule has 0 saturated heterocycles. The molecule has 0 fully saturated rings. The van der Waals surface area contributed by atoms with Crippen molar-refractivity contribution in [2.24, 2.45) is 0 Å². The summed E-state index contributed by atoms with van der Waals surface area (Å²) < 4.78 is 9.60. The maximum absolute atomic E-state index is 10.9. The van der Waals surface area contributed by atoms with Gasteiger partial charge in [-0.25, -0.2) is 0 Å². The summed E-state index contributed by atoms with van der Waals surface area (Å²) in [7, 11) is 2.94. The molecule has 82 valence electrons. The standard InChI is InChI=1S/C10H13NO3S/c1-13-8-3-7(11)4-9(5-8)15-6-10(12)14-2/h3-5H,6,11H2,1-2H3. The third-order valence-corrected chi connectivity index (χ3v) is 2.67. The second-order valence-corrected chi connectivity index (χ2v) is 3.86. The summed E-state index contributed by atoms with van der Waals surface area (Å²) in [4.78, 5) is 11.8. The van der Waals surface area contributed by atoms with E-state index in [0.29, 0.717) is 11.4 Å². The first-order valence-electron chi connectivity index (χ1n) is 4.30. The molecule has 0 saturated carbocycles. The van der Waals surface area contributed by atoms with Gasteiger partial charge in [-0.2, -0.15) is 0 Å². The number of hydrogen-bond donors (Lipinski definition) is 1. The fraction of sp³-hybridized carbons (Fsp3) is 0.300. The van der Waals surface area contributed by atoms with Gasteiger partial charge in [-0.3, -0.25) is 4.79 Å². The summed E-state index contributed by atoms with van der Waals surface area (Å²) in [6.45, 7) is 0. The molecule has 0 unspecified atom stereocenters. The molecule has 0 aliphatic rings. The van der Waals surface area contributed by atoms with Gasteiger partial charge in [-0.05, 0) is 12.1 Å². The Morgan fingerprint density at radius 3 is 2.73 bits per heavy atom. The Morgan fingerprint density at radius 2 is 2.13 bits per heavy atom. The lowest BCUT2D eigenvalue weighted by Gasteiger charge is -2.05. The van der Waals surface area contributed by atoms with E-state index < -0.39 is 0 Å². The number of methoxy groups -OCH3 is 2. The Kier molecular flexibility index (Phi) is 4.30. The van der Waals surface area contributed by atoms with Crippen LogP contribution in [0.3, 0.4) is 0 Å². The highest BCUT2D eigenvalue weighted by atomic mass is 32.2. The maximum Gasteiger partial charge on any atom is 0.315 e. The van der Waals surface area contributed by atoms with Crippen molar-refractivity contribution in [1.29, 1.82) is 0 Å². The van der Waals surface area contributed by atoms with Crippen molar-refractivity contribution in [3.8, 4) is 5.75 Å². The summed E-state index contributed by atoms with van der Waals surface area (Å²) in [5.41, 5.74) is 6.28. The van der Waals surface area contributed by atoms with Gasteiger partial charge in [0.2, 0.25) is 0 Å². The van der Waals surface area contributed by atoms with Crippen LogP contribution in [-0.4, -0.2) is 25.9 Å². The molecule has 0 atom stereocenters. The normalized spacial score (nSPS) is 9.73. The van der Waals surface area contributed by atoms with Crippen LogP contribution in [0.25, 0.3) is 0 Å². The van der Waals surface area contributed by atoms with E-state index in [4.69, 9.17) is 10.5 Å². The van der Waals surface area contributed by atoms with Crippen LogP contribution in [0.4, 0.5) is 5.69 Å². The molecule has 0 spiro atoms. The molecule has 1 aromatic rings. The van der Waals surface area contributed by atoms with Crippen LogP contribution >= 0.6 is 11.8 Å². The third-order valence-electron chi connectivity index (χ3n) is 1.72. The van der Waals surface area contributed by atoms with Crippen molar-refractivity contribution in [3.05, 3.63) is 18.2 Å². The molecule has 4 nitrogen and oxygen atoms in total. The fourth-order valence-electron chi connectivity index (χ4n) is 0.996. The van der Waals surface area contributed by atoms with Crippen LogP contribution in [0.1, 0.15) is 0 Å². The van der Waals surface area contributed by atoms with Gasteiger partial charge < -0.3 is 15.2 Å². The topological polar surface area (TPSA) is 61.5 Å². The summed E-state index contributed by atoms with van der Waals surface area (Å²) in [6.07, 6.45) is 0. The Balaban J connectivity index is 2.68. The van der Waals surface area contributed by atoms with Gasteiger partial charge in [0, 0.05) is 16.6 Å². The molecular formula is C10H13NO3S. The van der Waals surface area contributed by atoms with Gasteiger partial charge in [0.1, 0.15) is 5.75 Å². The Hall–Kier alpha value is -1.36. The predicted octanol–water partition coefficient (Wildman–Crippen LogP) is 1.54. The molecule has 5 heteroatoms. The van der Waals surface area contributed by atoms with Crippen molar-refractivity contribution >= 4 is 23.4 Å². The van der Waals surface area contributed by atoms with Crippen LogP contribution in [0.15, 0.2) is 23.1 Å². The van der Waals surface area contributed by atoms with Crippen LogP contribution in [-0.2, 0) is 9.53 Å². The lowest BCUT2D eigenvalue weighted by molar-refractivity contribution is -0.137. The first kappa shape index (κ1) is 11.7. The largest absolute Gasteiger partial charge is 0.497 e. The Morgan fingerprint density at radius 1 is 1.40 bits per heavy atom. The van der Waals surface area contributed by atoms with Gasteiger partial charge in [-0.1, -0.05) is 0 Å². The fourth-order valence-corrected chi connectivity index (χ4v) is 1.82. The van der Waals surface area contributed by atoms with E-state index in [1.54, 1.807) is 19.2 Å². The first-order valence-corrected chi connectivity index (χ1v) is 5.28. The number of hydrogen-bond acceptors (Lipinski definition) is 5. The van der Waals surface area contributed by atoms with Gasteiger partial charge in [0.15, 0.2) is 0 Å². The molecule has 0 aliphatic carbocycles. The third kappa shape index (κ3) is 3.71. The highest BCUT2D eigenvalue weighted by Crippen LogP contribution is 2.26. The smallest absolute Gasteiger partial charge is 0.315 e. The monoisotopic (exact) mass is 227 g/mol. The highest BCUT2D eigenvalue weighted by Gasteiger charge is 2.04. The molecule has 15 heavy (non-hydrogen) atoms. The minimum Gasteiger partial charge on any atom is -0.497 e. The molecule has 1 rings (SSSR count). The number of thioether (sulfide) groups is 1. The average Bonchev–Trinajstić information content (AvgIpc) is 2.25. The van der Waals surface area contributed by atoms with Crippen molar-refractivity contribution in [3.63, 3.8) is 0 Å². The quantitative estimate of drug-likeness (QED) is 0.480. The molecule has 2 N–H and O–H groups in total. The van der Waals surface area contributed by atoms with Crippen LogP contribution in [0, 0.1) is 0 Å². The first-order chi connectivity index (χ1) is 7.15. The predicted molar refractivity (Wildman–Crippen MR) is 60.1 cm³/mol. The van der Waals surface area contributed by atoms with Crippen LogP contribution < -0.4 is 10.5 Å².